The number of halogens is 1. The molecular weight excluding hydrogens is 476 g/mol. The standard InChI is InChI=1S/C24H25ClN4O4S/c1-27(14-17-7-9-20(25)10-8-17)24(31)22-6-3-11-29(22)23(30)19-4-2-5-21(12-19)34(32,33)28-15-18(13-26)16-28/h2,4-5,7-10,12,18,22H,3,6,11,14-16H2,1H3/t22-/m0/s1/i1D. The summed E-state index contributed by atoms with van der Waals surface area (Å²) >= 11 is 5.93. The minimum Gasteiger partial charge on any atom is -0.340 e. The van der Waals surface area contributed by atoms with Crippen molar-refractivity contribution in [1.29, 1.82) is 5.26 Å². The lowest BCUT2D eigenvalue weighted by Gasteiger charge is -2.34. The number of nitrogens with zero attached hydrogens (tertiary/aromatic N) is 4. The highest BCUT2D eigenvalue weighted by Crippen LogP contribution is 2.27. The van der Waals surface area contributed by atoms with Crippen LogP contribution in [0.4, 0.5) is 0 Å². The fraction of sp³-hybridized carbons (Fsp3) is 0.375. The lowest BCUT2D eigenvalue weighted by molar-refractivity contribution is -0.134. The molecule has 0 aromatic heterocycles. The smallest absolute Gasteiger partial charge is 0.254 e. The number of likely N-dealkylation sites (N-methyl/N-ethyl adjacent to an activating group) is 1. The van der Waals surface area contributed by atoms with Crippen molar-refractivity contribution in [3.8, 4) is 6.07 Å². The molecule has 2 aliphatic heterocycles. The van der Waals surface area contributed by atoms with Crippen LogP contribution in [-0.2, 0) is 21.4 Å². The van der Waals surface area contributed by atoms with Crippen LogP contribution >= 0.6 is 11.6 Å². The van der Waals surface area contributed by atoms with E-state index in [1.165, 1.54) is 38.4 Å². The average molecular weight is 502 g/mol. The van der Waals surface area contributed by atoms with E-state index in [4.69, 9.17) is 18.2 Å². The fourth-order valence-corrected chi connectivity index (χ4v) is 5.89. The summed E-state index contributed by atoms with van der Waals surface area (Å²) in [7, 11) is -4.06. The van der Waals surface area contributed by atoms with E-state index in [1.807, 2.05) is 6.07 Å². The van der Waals surface area contributed by atoms with Crippen molar-refractivity contribution in [3.63, 3.8) is 0 Å². The third-order valence-electron chi connectivity index (χ3n) is 6.15. The molecule has 0 radical (unpaired) electrons. The van der Waals surface area contributed by atoms with Crippen LogP contribution in [0.2, 0.25) is 5.02 Å². The molecule has 0 N–H and O–H groups in total. The summed E-state index contributed by atoms with van der Waals surface area (Å²) in [6.45, 7) is 0.868. The lowest BCUT2D eigenvalue weighted by Crippen LogP contribution is -2.49. The first-order valence-corrected chi connectivity index (χ1v) is 12.7. The molecule has 0 saturated carbocycles. The number of rotatable bonds is 6. The molecule has 0 unspecified atom stereocenters. The zero-order chi connectivity index (χ0) is 25.2. The Morgan fingerprint density at radius 2 is 1.97 bits per heavy atom. The van der Waals surface area contributed by atoms with E-state index >= 15 is 0 Å². The van der Waals surface area contributed by atoms with Crippen LogP contribution in [-0.4, -0.2) is 67.0 Å². The maximum absolute atomic E-state index is 13.3. The van der Waals surface area contributed by atoms with Crippen molar-refractivity contribution in [2.24, 2.45) is 5.92 Å². The van der Waals surface area contributed by atoms with Crippen LogP contribution in [0.5, 0.6) is 0 Å². The van der Waals surface area contributed by atoms with Crippen LogP contribution in [0, 0.1) is 17.2 Å². The average Bonchev–Trinajstić information content (AvgIpc) is 3.32. The molecule has 4 rings (SSSR count). The maximum atomic E-state index is 13.3. The Morgan fingerprint density at radius 3 is 2.65 bits per heavy atom. The second-order valence-electron chi connectivity index (χ2n) is 8.50. The molecule has 2 heterocycles. The van der Waals surface area contributed by atoms with Crippen molar-refractivity contribution in [2.75, 3.05) is 26.7 Å². The number of hydrogen-bond acceptors (Lipinski definition) is 5. The van der Waals surface area contributed by atoms with Gasteiger partial charge in [-0.15, -0.1) is 0 Å². The van der Waals surface area contributed by atoms with E-state index in [9.17, 15) is 18.0 Å². The van der Waals surface area contributed by atoms with Gasteiger partial charge in [0, 0.05) is 45.2 Å². The second-order valence-corrected chi connectivity index (χ2v) is 10.9. The number of benzene rings is 2. The third kappa shape index (κ3) is 4.80. The molecule has 2 aromatic carbocycles. The molecule has 0 bridgehead atoms. The molecule has 10 heteroatoms. The molecule has 2 aromatic rings. The van der Waals surface area contributed by atoms with Crippen molar-refractivity contribution >= 4 is 33.4 Å². The SMILES string of the molecule is [2H]CN(Cc1ccc(Cl)cc1)C(=O)[C@@H]1CCCN1C(=O)c1cccc(S(=O)(=O)N2CC(C#N)C2)c1. The highest BCUT2D eigenvalue weighted by atomic mass is 35.5. The summed E-state index contributed by atoms with van der Waals surface area (Å²) in [6.07, 6.45) is 1.11. The largest absolute Gasteiger partial charge is 0.340 e. The van der Waals surface area contributed by atoms with Gasteiger partial charge in [-0.25, -0.2) is 8.42 Å². The summed E-state index contributed by atoms with van der Waals surface area (Å²) in [6, 6.07) is 14.1. The Hall–Kier alpha value is -2.93. The summed E-state index contributed by atoms with van der Waals surface area (Å²) in [4.78, 5) is 29.4. The number of amides is 2. The lowest BCUT2D eigenvalue weighted by atomic mass is 10.1. The summed E-state index contributed by atoms with van der Waals surface area (Å²) in [5, 5.41) is 9.51. The molecule has 1 atom stereocenters. The first-order chi connectivity index (χ1) is 16.7. The van der Waals surface area contributed by atoms with Crippen LogP contribution in [0.3, 0.4) is 0 Å². The molecule has 0 spiro atoms. The number of sulfonamides is 1. The van der Waals surface area contributed by atoms with E-state index in [2.05, 4.69) is 0 Å². The van der Waals surface area contributed by atoms with Gasteiger partial charge in [0.15, 0.2) is 0 Å². The van der Waals surface area contributed by atoms with Crippen molar-refractivity contribution in [2.45, 2.75) is 30.3 Å². The van der Waals surface area contributed by atoms with E-state index in [0.29, 0.717) is 24.4 Å². The summed E-state index contributed by atoms with van der Waals surface area (Å²) < 4.78 is 34.8. The minimum atomic E-state index is -3.81. The van der Waals surface area contributed by atoms with Crippen molar-refractivity contribution in [3.05, 3.63) is 64.7 Å². The molecular formula is C24H25ClN4O4S. The Bertz CT molecular complexity index is 1260. The topological polar surface area (TPSA) is 102 Å². The number of hydrogen-bond donors (Lipinski definition) is 0. The fourth-order valence-electron chi connectivity index (χ4n) is 4.19. The monoisotopic (exact) mass is 501 g/mol. The van der Waals surface area contributed by atoms with Gasteiger partial charge in [-0.05, 0) is 48.7 Å². The van der Waals surface area contributed by atoms with Gasteiger partial charge in [-0.3, -0.25) is 9.59 Å². The number of carbonyl (C=O) groups excluding carboxylic acids is 2. The predicted octanol–water partition coefficient (Wildman–Crippen LogP) is 2.75. The van der Waals surface area contributed by atoms with Crippen molar-refractivity contribution < 1.29 is 19.4 Å². The Kier molecular flexibility index (Phi) is 6.55. The zero-order valence-corrected chi connectivity index (χ0v) is 20.0. The molecule has 0 aliphatic carbocycles. The van der Waals surface area contributed by atoms with Gasteiger partial charge in [0.05, 0.1) is 16.9 Å². The first kappa shape index (κ1) is 22.8. The first-order valence-electron chi connectivity index (χ1n) is 11.6. The van der Waals surface area contributed by atoms with E-state index < -0.39 is 22.0 Å². The molecule has 178 valence electrons. The van der Waals surface area contributed by atoms with E-state index in [1.54, 1.807) is 24.3 Å². The molecule has 2 fully saturated rings. The summed E-state index contributed by atoms with van der Waals surface area (Å²) in [5.41, 5.74) is 1.01. The van der Waals surface area contributed by atoms with Gasteiger partial charge in [0.25, 0.3) is 5.91 Å². The summed E-state index contributed by atoms with van der Waals surface area (Å²) in [5.74, 6) is -1.06. The Balaban J connectivity index is 1.50. The molecule has 8 nitrogen and oxygen atoms in total. The Labute approximate surface area is 205 Å². The van der Waals surface area contributed by atoms with Crippen LogP contribution in [0.25, 0.3) is 0 Å². The van der Waals surface area contributed by atoms with Crippen LogP contribution < -0.4 is 0 Å². The van der Waals surface area contributed by atoms with Gasteiger partial charge in [-0.1, -0.05) is 29.8 Å². The van der Waals surface area contributed by atoms with Gasteiger partial charge in [0.1, 0.15) is 6.04 Å². The normalized spacial score (nSPS) is 19.2. The van der Waals surface area contributed by atoms with E-state index in [0.717, 1.165) is 5.56 Å². The predicted molar refractivity (Wildman–Crippen MR) is 126 cm³/mol. The highest BCUT2D eigenvalue weighted by Gasteiger charge is 2.38. The van der Waals surface area contributed by atoms with Gasteiger partial charge < -0.3 is 9.80 Å². The zero-order valence-electron chi connectivity index (χ0n) is 19.4. The van der Waals surface area contributed by atoms with Gasteiger partial charge in [0.2, 0.25) is 15.9 Å². The van der Waals surface area contributed by atoms with E-state index in [-0.39, 0.29) is 48.9 Å². The molecule has 34 heavy (non-hydrogen) atoms. The third-order valence-corrected chi connectivity index (χ3v) is 8.23. The van der Waals surface area contributed by atoms with Gasteiger partial charge >= 0.3 is 0 Å². The number of carbonyl (C=O) groups is 2. The second kappa shape index (κ2) is 9.74. The number of nitriles is 1. The molecule has 2 aliphatic rings. The highest BCUT2D eigenvalue weighted by molar-refractivity contribution is 7.89. The van der Waals surface area contributed by atoms with Crippen LogP contribution in [0.15, 0.2) is 53.4 Å². The van der Waals surface area contributed by atoms with Crippen LogP contribution in [0.1, 0.15) is 30.1 Å². The van der Waals surface area contributed by atoms with Crippen molar-refractivity contribution in [1.82, 2.24) is 14.1 Å². The quantitative estimate of drug-likeness (QED) is 0.605. The Morgan fingerprint density at radius 1 is 1.24 bits per heavy atom. The minimum absolute atomic E-state index is 0.0164. The maximum Gasteiger partial charge on any atom is 0.254 e. The molecule has 2 amide bonds. The van der Waals surface area contributed by atoms with Gasteiger partial charge in [-0.2, -0.15) is 9.57 Å². The molecule has 2 saturated heterocycles. The number of likely N-dealkylation sites (tertiary alicyclic amines) is 1.